The zero-order chi connectivity index (χ0) is 12.5. The molecule has 5 heteroatoms. The van der Waals surface area contributed by atoms with Crippen molar-refractivity contribution in [3.05, 3.63) is 36.0 Å². The van der Waals surface area contributed by atoms with Crippen molar-refractivity contribution >= 4 is 5.69 Å². The number of aryl methyl sites for hydroxylation is 1. The molecular weight excluding hydrogens is 232 g/mol. The molecule has 3 rings (SSSR count). The third-order valence-electron chi connectivity index (χ3n) is 2.69. The summed E-state index contributed by atoms with van der Waals surface area (Å²) in [5.41, 5.74) is 7.38. The molecule has 2 aromatic rings. The van der Waals surface area contributed by atoms with Gasteiger partial charge in [0.15, 0.2) is 11.5 Å². The summed E-state index contributed by atoms with van der Waals surface area (Å²) in [6, 6.07) is 7.06. The number of pyridine rings is 1. The maximum Gasteiger partial charge on any atom is 0.231 e. The Balaban J connectivity index is 1.85. The number of nitrogens with two attached hydrogens (primary N) is 1. The van der Waals surface area contributed by atoms with Crippen molar-refractivity contribution in [3.63, 3.8) is 0 Å². The third kappa shape index (κ3) is 1.90. The van der Waals surface area contributed by atoms with Crippen LogP contribution in [0.3, 0.4) is 0 Å². The molecule has 92 valence electrons. The van der Waals surface area contributed by atoms with Crippen LogP contribution in [-0.2, 0) is 0 Å². The van der Waals surface area contributed by atoms with Crippen molar-refractivity contribution in [2.75, 3.05) is 12.5 Å². The lowest BCUT2D eigenvalue weighted by atomic mass is 10.2. The van der Waals surface area contributed by atoms with E-state index in [1.165, 1.54) is 0 Å². The van der Waals surface area contributed by atoms with Crippen LogP contribution in [0.25, 0.3) is 0 Å². The highest BCUT2D eigenvalue weighted by Crippen LogP contribution is 2.36. The molecule has 0 saturated carbocycles. The molecule has 0 fully saturated rings. The van der Waals surface area contributed by atoms with E-state index in [0.717, 1.165) is 11.3 Å². The molecular formula is C13H12N2O3. The van der Waals surface area contributed by atoms with Crippen molar-refractivity contribution in [1.29, 1.82) is 0 Å². The van der Waals surface area contributed by atoms with Gasteiger partial charge in [0.1, 0.15) is 5.75 Å². The Morgan fingerprint density at radius 2 is 2.06 bits per heavy atom. The second-order valence-electron chi connectivity index (χ2n) is 4.00. The zero-order valence-electron chi connectivity index (χ0n) is 9.84. The third-order valence-corrected chi connectivity index (χ3v) is 2.69. The predicted octanol–water partition coefficient (Wildman–Crippen LogP) is 2.49. The lowest BCUT2D eigenvalue weighted by Crippen LogP contribution is -1.94. The largest absolute Gasteiger partial charge is 0.454 e. The van der Waals surface area contributed by atoms with Crippen LogP contribution in [0.4, 0.5) is 5.69 Å². The zero-order valence-corrected chi connectivity index (χ0v) is 9.84. The van der Waals surface area contributed by atoms with Gasteiger partial charge in [-0.1, -0.05) is 0 Å². The molecule has 0 unspecified atom stereocenters. The Bertz CT molecular complexity index is 599. The summed E-state index contributed by atoms with van der Waals surface area (Å²) in [7, 11) is 0. The summed E-state index contributed by atoms with van der Waals surface area (Å²) in [4.78, 5) is 4.15. The number of hydrogen-bond donors (Lipinski definition) is 1. The van der Waals surface area contributed by atoms with Crippen LogP contribution in [0.1, 0.15) is 5.56 Å². The van der Waals surface area contributed by atoms with Gasteiger partial charge in [-0.15, -0.1) is 0 Å². The minimum absolute atomic E-state index is 0.245. The SMILES string of the molecule is Cc1cnc(Oc2ccc3c(c2)OCO3)cc1N. The van der Waals surface area contributed by atoms with E-state index < -0.39 is 0 Å². The van der Waals surface area contributed by atoms with Crippen molar-refractivity contribution < 1.29 is 14.2 Å². The van der Waals surface area contributed by atoms with Crippen LogP contribution >= 0.6 is 0 Å². The average Bonchev–Trinajstić information content (AvgIpc) is 2.81. The summed E-state index contributed by atoms with van der Waals surface area (Å²) in [6.07, 6.45) is 1.68. The summed E-state index contributed by atoms with van der Waals surface area (Å²) >= 11 is 0. The maximum absolute atomic E-state index is 5.80. The van der Waals surface area contributed by atoms with Gasteiger partial charge in [0, 0.05) is 24.0 Å². The second-order valence-corrected chi connectivity index (χ2v) is 4.00. The van der Waals surface area contributed by atoms with Gasteiger partial charge in [0.25, 0.3) is 0 Å². The number of nitrogens with zero attached hydrogens (tertiary/aromatic N) is 1. The van der Waals surface area contributed by atoms with Crippen LogP contribution in [-0.4, -0.2) is 11.8 Å². The van der Waals surface area contributed by atoms with Crippen molar-refractivity contribution in [1.82, 2.24) is 4.98 Å². The highest BCUT2D eigenvalue weighted by Gasteiger charge is 2.14. The van der Waals surface area contributed by atoms with E-state index in [1.54, 1.807) is 30.5 Å². The van der Waals surface area contributed by atoms with E-state index >= 15 is 0 Å². The summed E-state index contributed by atoms with van der Waals surface area (Å²) in [6.45, 7) is 2.14. The van der Waals surface area contributed by atoms with Gasteiger partial charge >= 0.3 is 0 Å². The first-order valence-corrected chi connectivity index (χ1v) is 5.52. The minimum Gasteiger partial charge on any atom is -0.454 e. The Hall–Kier alpha value is -2.43. The molecule has 0 bridgehead atoms. The molecule has 0 radical (unpaired) electrons. The number of rotatable bonds is 2. The Morgan fingerprint density at radius 3 is 2.89 bits per heavy atom. The normalized spacial score (nSPS) is 12.5. The van der Waals surface area contributed by atoms with Crippen molar-refractivity contribution in [2.45, 2.75) is 6.92 Å². The number of hydrogen-bond acceptors (Lipinski definition) is 5. The van der Waals surface area contributed by atoms with Crippen molar-refractivity contribution in [2.24, 2.45) is 0 Å². The summed E-state index contributed by atoms with van der Waals surface area (Å²) in [5, 5.41) is 0. The first-order chi connectivity index (χ1) is 8.72. The van der Waals surface area contributed by atoms with E-state index in [0.29, 0.717) is 23.1 Å². The topological polar surface area (TPSA) is 66.6 Å². The molecule has 1 aromatic heterocycles. The first kappa shape index (κ1) is 10.7. The molecule has 1 aliphatic rings. The summed E-state index contributed by atoms with van der Waals surface area (Å²) in [5.74, 6) is 2.48. The standard InChI is InChI=1S/C13H12N2O3/c1-8-6-15-13(5-10(8)14)18-9-2-3-11-12(4-9)17-7-16-11/h2-6H,7H2,1H3,(H2,14,15). The van der Waals surface area contributed by atoms with E-state index in [-0.39, 0.29) is 6.79 Å². The fourth-order valence-corrected chi connectivity index (χ4v) is 1.64. The number of anilines is 1. The quantitative estimate of drug-likeness (QED) is 0.879. The molecule has 2 N–H and O–H groups in total. The molecule has 5 nitrogen and oxygen atoms in total. The van der Waals surface area contributed by atoms with E-state index in [2.05, 4.69) is 4.98 Å². The molecule has 0 amide bonds. The smallest absolute Gasteiger partial charge is 0.231 e. The van der Waals surface area contributed by atoms with Crippen LogP contribution in [0.2, 0.25) is 0 Å². The molecule has 0 saturated heterocycles. The van der Waals surface area contributed by atoms with Gasteiger partial charge in [0.05, 0.1) is 0 Å². The van der Waals surface area contributed by atoms with Gasteiger partial charge in [-0.3, -0.25) is 0 Å². The first-order valence-electron chi connectivity index (χ1n) is 5.52. The molecule has 1 aliphatic heterocycles. The minimum atomic E-state index is 0.245. The lowest BCUT2D eigenvalue weighted by molar-refractivity contribution is 0.174. The van der Waals surface area contributed by atoms with Crippen LogP contribution in [0.15, 0.2) is 30.5 Å². The average molecular weight is 244 g/mol. The van der Waals surface area contributed by atoms with E-state index in [1.807, 2.05) is 6.92 Å². The fraction of sp³-hybridized carbons (Fsp3) is 0.154. The molecule has 1 aromatic carbocycles. The number of fused-ring (bicyclic) bond motifs is 1. The monoisotopic (exact) mass is 244 g/mol. The fourth-order valence-electron chi connectivity index (χ4n) is 1.64. The van der Waals surface area contributed by atoms with Gasteiger partial charge in [-0.2, -0.15) is 0 Å². The molecule has 18 heavy (non-hydrogen) atoms. The molecule has 0 atom stereocenters. The van der Waals surface area contributed by atoms with Gasteiger partial charge in [-0.05, 0) is 24.6 Å². The maximum atomic E-state index is 5.80. The van der Waals surface area contributed by atoms with Crippen LogP contribution in [0.5, 0.6) is 23.1 Å². The van der Waals surface area contributed by atoms with Crippen LogP contribution in [0, 0.1) is 6.92 Å². The molecule has 0 spiro atoms. The highest BCUT2D eigenvalue weighted by atomic mass is 16.7. The summed E-state index contributed by atoms with van der Waals surface area (Å²) < 4.78 is 16.1. The Labute approximate surface area is 104 Å². The van der Waals surface area contributed by atoms with E-state index in [4.69, 9.17) is 19.9 Å². The number of nitrogen functional groups attached to an aromatic ring is 1. The van der Waals surface area contributed by atoms with Gasteiger partial charge in [-0.25, -0.2) is 4.98 Å². The van der Waals surface area contributed by atoms with Gasteiger partial charge in [0.2, 0.25) is 12.7 Å². The number of aromatic nitrogens is 1. The van der Waals surface area contributed by atoms with Crippen molar-refractivity contribution in [3.8, 4) is 23.1 Å². The lowest BCUT2D eigenvalue weighted by Gasteiger charge is -2.07. The van der Waals surface area contributed by atoms with Crippen LogP contribution < -0.4 is 19.9 Å². The molecule has 0 aliphatic carbocycles. The Kier molecular flexibility index (Phi) is 2.44. The predicted molar refractivity (Wildman–Crippen MR) is 66.0 cm³/mol. The Morgan fingerprint density at radius 1 is 1.22 bits per heavy atom. The van der Waals surface area contributed by atoms with E-state index in [9.17, 15) is 0 Å². The second kappa shape index (κ2) is 4.10. The number of ether oxygens (including phenoxy) is 3. The number of benzene rings is 1. The van der Waals surface area contributed by atoms with Gasteiger partial charge < -0.3 is 19.9 Å². The molecule has 2 heterocycles. The highest BCUT2D eigenvalue weighted by molar-refractivity contribution is 5.50.